The molecule has 1 aromatic carbocycles. The molecule has 21 heavy (non-hydrogen) atoms. The summed E-state index contributed by atoms with van der Waals surface area (Å²) in [6.45, 7) is 4.77. The van der Waals surface area contributed by atoms with E-state index in [0.717, 1.165) is 22.0 Å². The quantitative estimate of drug-likeness (QED) is 0.778. The average molecular weight is 300 g/mol. The van der Waals surface area contributed by atoms with Crippen LogP contribution in [0.4, 0.5) is 5.69 Å². The zero-order valence-corrected chi connectivity index (χ0v) is 12.7. The summed E-state index contributed by atoms with van der Waals surface area (Å²) in [6.07, 6.45) is 2.10. The lowest BCUT2D eigenvalue weighted by Crippen LogP contribution is -2.10. The fourth-order valence-electron chi connectivity index (χ4n) is 2.26. The summed E-state index contributed by atoms with van der Waals surface area (Å²) >= 11 is 1.69. The third kappa shape index (κ3) is 2.62. The van der Waals surface area contributed by atoms with Crippen molar-refractivity contribution in [3.63, 3.8) is 0 Å². The van der Waals surface area contributed by atoms with E-state index >= 15 is 0 Å². The Bertz CT molecular complexity index is 801. The van der Waals surface area contributed by atoms with Crippen molar-refractivity contribution < 1.29 is 4.79 Å². The van der Waals surface area contributed by atoms with Crippen LogP contribution in [0, 0.1) is 13.8 Å². The van der Waals surface area contributed by atoms with Gasteiger partial charge in [0.05, 0.1) is 17.9 Å². The molecule has 6 heteroatoms. The molecule has 0 radical (unpaired) electrons. The zero-order chi connectivity index (χ0) is 15.0. The van der Waals surface area contributed by atoms with E-state index < -0.39 is 5.91 Å². The monoisotopic (exact) mass is 300 g/mol. The highest BCUT2D eigenvalue weighted by molar-refractivity contribution is 7.17. The summed E-state index contributed by atoms with van der Waals surface area (Å²) in [5.41, 5.74) is 8.86. The van der Waals surface area contributed by atoms with E-state index in [-0.39, 0.29) is 0 Å². The Balaban J connectivity index is 1.79. The maximum absolute atomic E-state index is 11.0. The summed E-state index contributed by atoms with van der Waals surface area (Å²) in [6, 6.07) is 7.15. The second-order valence-corrected chi connectivity index (χ2v) is 6.15. The number of fused-ring (bicyclic) bond motifs is 1. The molecule has 5 nitrogen and oxygen atoms in total. The van der Waals surface area contributed by atoms with Crippen molar-refractivity contribution in [2.75, 3.05) is 5.32 Å². The number of rotatable bonds is 4. The number of carbonyl (C=O) groups excluding carboxylic acids is 1. The fourth-order valence-corrected chi connectivity index (χ4v) is 3.15. The van der Waals surface area contributed by atoms with Gasteiger partial charge in [0.1, 0.15) is 0 Å². The van der Waals surface area contributed by atoms with Gasteiger partial charge in [-0.3, -0.25) is 9.20 Å². The van der Waals surface area contributed by atoms with Gasteiger partial charge in [-0.25, -0.2) is 4.98 Å². The fraction of sp³-hybridized carbons (Fsp3) is 0.200. The van der Waals surface area contributed by atoms with E-state index in [1.807, 2.05) is 19.1 Å². The molecule has 0 saturated carbocycles. The zero-order valence-electron chi connectivity index (χ0n) is 11.9. The maximum Gasteiger partial charge on any atom is 0.248 e. The van der Waals surface area contributed by atoms with Gasteiger partial charge < -0.3 is 11.1 Å². The summed E-state index contributed by atoms with van der Waals surface area (Å²) < 4.78 is 2.13. The Morgan fingerprint density at radius 3 is 2.71 bits per heavy atom. The van der Waals surface area contributed by atoms with Crippen LogP contribution in [0.3, 0.4) is 0 Å². The molecule has 0 bridgehead atoms. The van der Waals surface area contributed by atoms with Gasteiger partial charge in [-0.1, -0.05) is 0 Å². The van der Waals surface area contributed by atoms with Crippen LogP contribution < -0.4 is 11.1 Å². The van der Waals surface area contributed by atoms with Crippen molar-refractivity contribution in [1.29, 1.82) is 0 Å². The molecule has 0 aliphatic carbocycles. The summed E-state index contributed by atoms with van der Waals surface area (Å²) in [5.74, 6) is -0.413. The number of nitrogens with zero attached hydrogens (tertiary/aromatic N) is 2. The van der Waals surface area contributed by atoms with Crippen LogP contribution in [0.15, 0.2) is 30.5 Å². The number of carbonyl (C=O) groups is 1. The number of amides is 1. The minimum Gasteiger partial charge on any atom is -0.379 e. The highest BCUT2D eigenvalue weighted by atomic mass is 32.1. The number of aryl methyl sites for hydroxylation is 2. The summed E-state index contributed by atoms with van der Waals surface area (Å²) in [4.78, 5) is 17.9. The lowest BCUT2D eigenvalue weighted by molar-refractivity contribution is 0.100. The van der Waals surface area contributed by atoms with E-state index in [9.17, 15) is 4.79 Å². The molecule has 3 rings (SSSR count). The number of thiazole rings is 1. The first-order chi connectivity index (χ1) is 10.0. The van der Waals surface area contributed by atoms with Crippen molar-refractivity contribution in [3.8, 4) is 0 Å². The van der Waals surface area contributed by atoms with E-state index in [4.69, 9.17) is 5.73 Å². The Hall–Kier alpha value is -2.34. The number of aromatic nitrogens is 2. The first kappa shape index (κ1) is 13.6. The predicted octanol–water partition coefficient (Wildman–Crippen LogP) is 2.72. The summed E-state index contributed by atoms with van der Waals surface area (Å²) in [7, 11) is 0. The minimum atomic E-state index is -0.413. The molecule has 0 unspecified atom stereocenters. The van der Waals surface area contributed by atoms with Gasteiger partial charge in [0.2, 0.25) is 5.91 Å². The molecule has 0 aliphatic heterocycles. The second-order valence-electron chi connectivity index (χ2n) is 4.93. The highest BCUT2D eigenvalue weighted by Gasteiger charge is 2.10. The number of hydrogen-bond donors (Lipinski definition) is 2. The molecule has 3 aromatic rings. The molecule has 0 atom stereocenters. The van der Waals surface area contributed by atoms with Gasteiger partial charge in [0.25, 0.3) is 0 Å². The lowest BCUT2D eigenvalue weighted by Gasteiger charge is -2.07. The summed E-state index contributed by atoms with van der Waals surface area (Å²) in [5, 5.41) is 3.35. The minimum absolute atomic E-state index is 0.413. The van der Waals surface area contributed by atoms with Gasteiger partial charge in [-0.15, -0.1) is 11.3 Å². The number of benzene rings is 1. The van der Waals surface area contributed by atoms with Crippen LogP contribution in [0.2, 0.25) is 0 Å². The molecule has 0 aliphatic rings. The predicted molar refractivity (Wildman–Crippen MR) is 84.8 cm³/mol. The maximum atomic E-state index is 11.0. The smallest absolute Gasteiger partial charge is 0.248 e. The number of hydrogen-bond acceptors (Lipinski definition) is 4. The van der Waals surface area contributed by atoms with E-state index in [1.54, 1.807) is 23.5 Å². The number of nitrogens with one attached hydrogen (secondary N) is 1. The average Bonchev–Trinajstić information content (AvgIpc) is 2.92. The van der Waals surface area contributed by atoms with Gasteiger partial charge in [0, 0.05) is 22.3 Å². The topological polar surface area (TPSA) is 72.4 Å². The van der Waals surface area contributed by atoms with Crippen LogP contribution in [0.1, 0.15) is 26.6 Å². The van der Waals surface area contributed by atoms with Crippen molar-refractivity contribution in [1.82, 2.24) is 9.38 Å². The van der Waals surface area contributed by atoms with Crippen molar-refractivity contribution in [2.45, 2.75) is 20.4 Å². The van der Waals surface area contributed by atoms with Crippen LogP contribution >= 0.6 is 11.3 Å². The molecule has 0 spiro atoms. The number of nitrogens with two attached hydrogens (primary N) is 1. The molecule has 2 aromatic heterocycles. The second kappa shape index (κ2) is 5.21. The van der Waals surface area contributed by atoms with Crippen LogP contribution in [-0.2, 0) is 6.54 Å². The molecule has 0 fully saturated rings. The van der Waals surface area contributed by atoms with Crippen LogP contribution in [0.25, 0.3) is 4.96 Å². The molecule has 0 saturated heterocycles. The third-order valence-electron chi connectivity index (χ3n) is 3.37. The standard InChI is InChI=1S/C15H16N4OS/c1-9-8-19-13(10(2)18-15(19)21-9)7-17-12-5-3-11(4-6-12)14(16)20/h3-6,8,17H,7H2,1-2H3,(H2,16,20). The first-order valence-corrected chi connectivity index (χ1v) is 7.44. The van der Waals surface area contributed by atoms with Crippen molar-refractivity contribution in [3.05, 3.63) is 52.3 Å². The van der Waals surface area contributed by atoms with E-state index in [2.05, 4.69) is 27.8 Å². The van der Waals surface area contributed by atoms with E-state index in [1.165, 1.54) is 4.88 Å². The molecule has 1 amide bonds. The Kier molecular flexibility index (Phi) is 3.39. The Morgan fingerprint density at radius 2 is 2.05 bits per heavy atom. The van der Waals surface area contributed by atoms with Gasteiger partial charge >= 0.3 is 0 Å². The van der Waals surface area contributed by atoms with Gasteiger partial charge in [-0.05, 0) is 38.1 Å². The van der Waals surface area contributed by atoms with Crippen LogP contribution in [0.5, 0.6) is 0 Å². The number of imidazole rings is 1. The molecule has 2 heterocycles. The third-order valence-corrected chi connectivity index (χ3v) is 4.27. The van der Waals surface area contributed by atoms with Crippen molar-refractivity contribution >= 4 is 27.9 Å². The molecule has 108 valence electrons. The van der Waals surface area contributed by atoms with Gasteiger partial charge in [0.15, 0.2) is 4.96 Å². The largest absolute Gasteiger partial charge is 0.379 e. The molecule has 3 N–H and O–H groups in total. The number of primary amides is 1. The SMILES string of the molecule is Cc1cn2c(CNc3ccc(C(N)=O)cc3)c(C)nc2s1. The lowest BCUT2D eigenvalue weighted by atomic mass is 10.2. The van der Waals surface area contributed by atoms with E-state index in [0.29, 0.717) is 12.1 Å². The van der Waals surface area contributed by atoms with Gasteiger partial charge in [-0.2, -0.15) is 0 Å². The first-order valence-electron chi connectivity index (χ1n) is 6.62. The Morgan fingerprint density at radius 1 is 1.33 bits per heavy atom. The highest BCUT2D eigenvalue weighted by Crippen LogP contribution is 2.21. The van der Waals surface area contributed by atoms with Crippen molar-refractivity contribution in [2.24, 2.45) is 5.73 Å². The molecular weight excluding hydrogens is 284 g/mol. The Labute approximate surface area is 126 Å². The normalized spacial score (nSPS) is 11.0. The van der Waals surface area contributed by atoms with Crippen LogP contribution in [-0.4, -0.2) is 15.3 Å². The molecular formula is C15H16N4OS. The number of anilines is 1.